The van der Waals surface area contributed by atoms with Crippen molar-refractivity contribution in [3.63, 3.8) is 0 Å². The zero-order chi connectivity index (χ0) is 14.5. The second-order valence-corrected chi connectivity index (χ2v) is 5.37. The maximum atomic E-state index is 11.9. The molecule has 0 aliphatic carbocycles. The lowest BCUT2D eigenvalue weighted by atomic mass is 10.1. The highest BCUT2D eigenvalue weighted by atomic mass is 16.6. The Balaban J connectivity index is 2.83. The molecule has 0 aliphatic rings. The van der Waals surface area contributed by atoms with E-state index in [2.05, 4.69) is 0 Å². The summed E-state index contributed by atoms with van der Waals surface area (Å²) in [5, 5.41) is 0. The van der Waals surface area contributed by atoms with E-state index in [4.69, 9.17) is 4.74 Å². The van der Waals surface area contributed by atoms with Gasteiger partial charge in [0.05, 0.1) is 5.57 Å². The average molecular weight is 260 g/mol. The molecule has 1 rings (SSSR count). The molecule has 0 radical (unpaired) electrons. The van der Waals surface area contributed by atoms with Crippen LogP contribution < -0.4 is 0 Å². The second-order valence-electron chi connectivity index (χ2n) is 5.37. The number of ketones is 1. The number of esters is 1. The number of hydrogen-bond acceptors (Lipinski definition) is 3. The summed E-state index contributed by atoms with van der Waals surface area (Å²) in [6, 6.07) is 9.66. The SMILES string of the molecule is CC(=O)C(=CCc1ccccc1)C(=O)OC(C)(C)C. The van der Waals surface area contributed by atoms with E-state index in [1.807, 2.05) is 30.3 Å². The Kier molecular flexibility index (Phi) is 5.04. The number of carbonyl (C=O) groups excluding carboxylic acids is 2. The number of carbonyl (C=O) groups is 2. The van der Waals surface area contributed by atoms with Crippen molar-refractivity contribution in [3.05, 3.63) is 47.5 Å². The van der Waals surface area contributed by atoms with E-state index < -0.39 is 11.6 Å². The largest absolute Gasteiger partial charge is 0.456 e. The number of allylic oxidation sites excluding steroid dienone is 1. The lowest BCUT2D eigenvalue weighted by Crippen LogP contribution is -2.26. The Hall–Kier alpha value is -1.90. The lowest BCUT2D eigenvalue weighted by Gasteiger charge is -2.19. The number of rotatable bonds is 4. The molecule has 102 valence electrons. The monoisotopic (exact) mass is 260 g/mol. The highest BCUT2D eigenvalue weighted by molar-refractivity contribution is 6.16. The summed E-state index contributed by atoms with van der Waals surface area (Å²) in [6.45, 7) is 6.71. The fourth-order valence-electron chi connectivity index (χ4n) is 1.54. The van der Waals surface area contributed by atoms with Gasteiger partial charge in [0, 0.05) is 0 Å². The predicted molar refractivity (Wildman–Crippen MR) is 74.8 cm³/mol. The number of benzene rings is 1. The molecule has 0 unspecified atom stereocenters. The predicted octanol–water partition coefficient (Wildman–Crippen LogP) is 3.09. The van der Waals surface area contributed by atoms with Gasteiger partial charge in [0.1, 0.15) is 5.60 Å². The first kappa shape index (κ1) is 15.2. The summed E-state index contributed by atoms with van der Waals surface area (Å²) in [7, 11) is 0. The fourth-order valence-corrected chi connectivity index (χ4v) is 1.54. The third-order valence-corrected chi connectivity index (χ3v) is 2.38. The van der Waals surface area contributed by atoms with Crippen LogP contribution in [0.2, 0.25) is 0 Å². The molecule has 3 nitrogen and oxygen atoms in total. The van der Waals surface area contributed by atoms with E-state index in [-0.39, 0.29) is 11.4 Å². The van der Waals surface area contributed by atoms with Crippen LogP contribution in [0.1, 0.15) is 33.3 Å². The van der Waals surface area contributed by atoms with Crippen molar-refractivity contribution in [2.75, 3.05) is 0 Å². The van der Waals surface area contributed by atoms with Crippen molar-refractivity contribution in [1.82, 2.24) is 0 Å². The van der Waals surface area contributed by atoms with Gasteiger partial charge >= 0.3 is 5.97 Å². The van der Waals surface area contributed by atoms with Gasteiger partial charge in [0.25, 0.3) is 0 Å². The van der Waals surface area contributed by atoms with Crippen LogP contribution in [0.5, 0.6) is 0 Å². The van der Waals surface area contributed by atoms with Gasteiger partial charge in [-0.15, -0.1) is 0 Å². The van der Waals surface area contributed by atoms with E-state index in [1.165, 1.54) is 6.92 Å². The molecule has 0 aromatic heterocycles. The van der Waals surface area contributed by atoms with Gasteiger partial charge in [-0.3, -0.25) is 4.79 Å². The highest BCUT2D eigenvalue weighted by Crippen LogP contribution is 2.12. The van der Waals surface area contributed by atoms with E-state index >= 15 is 0 Å². The average Bonchev–Trinajstić information content (AvgIpc) is 2.27. The van der Waals surface area contributed by atoms with E-state index in [0.717, 1.165) is 5.56 Å². The van der Waals surface area contributed by atoms with Crippen molar-refractivity contribution in [1.29, 1.82) is 0 Å². The summed E-state index contributed by atoms with van der Waals surface area (Å²) < 4.78 is 5.22. The molecule has 3 heteroatoms. The van der Waals surface area contributed by atoms with Crippen LogP contribution in [0.4, 0.5) is 0 Å². The van der Waals surface area contributed by atoms with Crippen molar-refractivity contribution in [2.24, 2.45) is 0 Å². The van der Waals surface area contributed by atoms with Crippen LogP contribution >= 0.6 is 0 Å². The Bertz CT molecular complexity index is 478. The van der Waals surface area contributed by atoms with Crippen LogP contribution in [-0.4, -0.2) is 17.4 Å². The smallest absolute Gasteiger partial charge is 0.341 e. The molecule has 0 bridgehead atoms. The Labute approximate surface area is 114 Å². The van der Waals surface area contributed by atoms with Crippen molar-refractivity contribution < 1.29 is 14.3 Å². The quantitative estimate of drug-likeness (QED) is 0.361. The Morgan fingerprint density at radius 3 is 2.21 bits per heavy atom. The maximum absolute atomic E-state index is 11.9. The molecule has 1 aromatic rings. The van der Waals surface area contributed by atoms with Crippen molar-refractivity contribution >= 4 is 11.8 Å². The molecule has 0 saturated carbocycles. The molecule has 0 heterocycles. The molecule has 0 atom stereocenters. The summed E-state index contributed by atoms with van der Waals surface area (Å²) in [5.74, 6) is -0.832. The van der Waals surface area contributed by atoms with E-state index in [1.54, 1.807) is 26.8 Å². The Morgan fingerprint density at radius 1 is 1.16 bits per heavy atom. The van der Waals surface area contributed by atoms with Crippen LogP contribution in [0, 0.1) is 0 Å². The van der Waals surface area contributed by atoms with Gasteiger partial charge in [-0.2, -0.15) is 0 Å². The highest BCUT2D eigenvalue weighted by Gasteiger charge is 2.22. The lowest BCUT2D eigenvalue weighted by molar-refractivity contribution is -0.150. The zero-order valence-corrected chi connectivity index (χ0v) is 11.9. The van der Waals surface area contributed by atoms with Gasteiger partial charge in [0.2, 0.25) is 0 Å². The number of hydrogen-bond donors (Lipinski definition) is 0. The van der Waals surface area contributed by atoms with Crippen LogP contribution in [0.25, 0.3) is 0 Å². The minimum Gasteiger partial charge on any atom is -0.456 e. The van der Waals surface area contributed by atoms with Gasteiger partial charge < -0.3 is 4.74 Å². The first-order valence-electron chi connectivity index (χ1n) is 6.28. The molecule has 19 heavy (non-hydrogen) atoms. The van der Waals surface area contributed by atoms with Gasteiger partial charge in [-0.05, 0) is 39.7 Å². The van der Waals surface area contributed by atoms with Crippen LogP contribution in [-0.2, 0) is 20.7 Å². The topological polar surface area (TPSA) is 43.4 Å². The van der Waals surface area contributed by atoms with Gasteiger partial charge in [-0.25, -0.2) is 4.79 Å². The Morgan fingerprint density at radius 2 is 1.74 bits per heavy atom. The molecule has 0 N–H and O–H groups in total. The third-order valence-electron chi connectivity index (χ3n) is 2.38. The fraction of sp³-hybridized carbons (Fsp3) is 0.375. The molecule has 0 saturated heterocycles. The minimum atomic E-state index is -0.599. The molecule has 0 spiro atoms. The summed E-state index contributed by atoms with van der Waals surface area (Å²) in [4.78, 5) is 23.4. The molecular weight excluding hydrogens is 240 g/mol. The normalized spacial score (nSPS) is 12.1. The second kappa shape index (κ2) is 6.32. The van der Waals surface area contributed by atoms with E-state index in [9.17, 15) is 9.59 Å². The molecule has 0 fully saturated rings. The van der Waals surface area contributed by atoms with Gasteiger partial charge in [-0.1, -0.05) is 36.4 Å². The molecule has 1 aromatic carbocycles. The standard InChI is InChI=1S/C16H20O3/c1-12(17)14(15(18)19-16(2,3)4)11-10-13-8-6-5-7-9-13/h5-9,11H,10H2,1-4H3. The van der Waals surface area contributed by atoms with Gasteiger partial charge in [0.15, 0.2) is 5.78 Å². The summed E-state index contributed by atoms with van der Waals surface area (Å²) in [6.07, 6.45) is 2.17. The number of ether oxygens (including phenoxy) is 1. The van der Waals surface area contributed by atoms with Crippen molar-refractivity contribution in [3.8, 4) is 0 Å². The summed E-state index contributed by atoms with van der Waals surface area (Å²) in [5.41, 5.74) is 0.557. The first-order valence-corrected chi connectivity index (χ1v) is 6.28. The van der Waals surface area contributed by atoms with E-state index in [0.29, 0.717) is 6.42 Å². The van der Waals surface area contributed by atoms with Crippen LogP contribution in [0.3, 0.4) is 0 Å². The number of Topliss-reactive ketones (excluding diaryl/α,β-unsaturated/α-hetero) is 1. The van der Waals surface area contributed by atoms with Crippen molar-refractivity contribution in [2.45, 2.75) is 39.7 Å². The maximum Gasteiger partial charge on any atom is 0.341 e. The molecular formula is C16H20O3. The molecule has 0 amide bonds. The summed E-state index contributed by atoms with van der Waals surface area (Å²) >= 11 is 0. The zero-order valence-electron chi connectivity index (χ0n) is 11.9. The third kappa shape index (κ3) is 5.51. The first-order chi connectivity index (χ1) is 8.79. The minimum absolute atomic E-state index is 0.110. The van der Waals surface area contributed by atoms with Crippen LogP contribution in [0.15, 0.2) is 42.0 Å². The molecule has 0 aliphatic heterocycles.